The third-order valence-corrected chi connectivity index (χ3v) is 9.76. The summed E-state index contributed by atoms with van der Waals surface area (Å²) in [5.74, 6) is -6.23. The number of unbranched alkanes of at least 4 members (excludes halogenated alkanes) is 10. The molecule has 2 aliphatic rings. The maximum atomic E-state index is 12.3. The van der Waals surface area contributed by atoms with Crippen molar-refractivity contribution >= 4 is 47.4 Å². The molecule has 2 saturated carbocycles. The van der Waals surface area contributed by atoms with Gasteiger partial charge in [0.15, 0.2) is 0 Å². The van der Waals surface area contributed by atoms with Gasteiger partial charge in [0.2, 0.25) is 0 Å². The number of ether oxygens (including phenoxy) is 2. The number of carbonyl (C=O) groups excluding carboxylic acids is 8. The van der Waals surface area contributed by atoms with Crippen molar-refractivity contribution in [3.63, 3.8) is 0 Å². The number of esters is 2. The largest absolute Gasteiger partial charge is 0.459 e. The van der Waals surface area contributed by atoms with E-state index < -0.39 is 59.5 Å². The fourth-order valence-electron chi connectivity index (χ4n) is 6.64. The predicted octanol–water partition coefficient (Wildman–Crippen LogP) is 3.14. The maximum Gasteiger partial charge on any atom is 0.396 e. The van der Waals surface area contributed by atoms with Crippen LogP contribution in [0.2, 0.25) is 0 Å². The van der Waals surface area contributed by atoms with E-state index in [-0.39, 0.29) is 25.3 Å². The van der Waals surface area contributed by atoms with Gasteiger partial charge in [-0.1, -0.05) is 104 Å². The van der Waals surface area contributed by atoms with Gasteiger partial charge in [0.25, 0.3) is 0 Å². The van der Waals surface area contributed by atoms with Crippen LogP contribution in [0.3, 0.4) is 0 Å². The van der Waals surface area contributed by atoms with Crippen molar-refractivity contribution in [3.05, 3.63) is 0 Å². The van der Waals surface area contributed by atoms with Gasteiger partial charge in [-0.05, 0) is 52.4 Å². The van der Waals surface area contributed by atoms with E-state index in [1.807, 2.05) is 0 Å². The van der Waals surface area contributed by atoms with Gasteiger partial charge in [0.05, 0.1) is 13.2 Å². The molecule has 4 atom stereocenters. The van der Waals surface area contributed by atoms with Crippen LogP contribution in [0.25, 0.3) is 0 Å². The van der Waals surface area contributed by atoms with Crippen LogP contribution in [0.5, 0.6) is 0 Å². The van der Waals surface area contributed by atoms with E-state index in [0.29, 0.717) is 38.8 Å². The molecule has 6 amide bonds. The first kappa shape index (κ1) is 49.8. The third kappa shape index (κ3) is 21.7. The summed E-state index contributed by atoms with van der Waals surface area (Å²) in [6, 6.07) is -1.53. The SMILES string of the molecule is CCCCCCCCNC(=O)C(=O)NC1CCCCC1NC(=O)C(=O)NCCCCCCCC.CCOC(=O)C(=O)NC1CCCCC1NC(=O)C(=O)OCC. The number of hydrogen-bond acceptors (Lipinski definition) is 10. The van der Waals surface area contributed by atoms with E-state index in [1.54, 1.807) is 13.8 Å². The van der Waals surface area contributed by atoms with Crippen LogP contribution in [0.4, 0.5) is 0 Å². The molecular formula is C40H70N6O10. The van der Waals surface area contributed by atoms with Crippen LogP contribution in [0.15, 0.2) is 0 Å². The molecule has 6 N–H and O–H groups in total. The van der Waals surface area contributed by atoms with Crippen LogP contribution in [-0.4, -0.2) is 97.9 Å². The Morgan fingerprint density at radius 2 is 0.679 bits per heavy atom. The van der Waals surface area contributed by atoms with Gasteiger partial charge < -0.3 is 41.4 Å². The average Bonchev–Trinajstić information content (AvgIpc) is 3.18. The molecule has 0 spiro atoms. The second-order valence-corrected chi connectivity index (χ2v) is 14.4. The molecular weight excluding hydrogens is 724 g/mol. The smallest absolute Gasteiger partial charge is 0.396 e. The Kier molecular flexibility index (Phi) is 27.5. The van der Waals surface area contributed by atoms with E-state index in [1.165, 1.54) is 38.5 Å². The van der Waals surface area contributed by atoms with Crippen molar-refractivity contribution in [2.45, 2.75) is 180 Å². The normalized spacial score (nSPS) is 18.8. The van der Waals surface area contributed by atoms with E-state index >= 15 is 0 Å². The molecule has 0 saturated heterocycles. The van der Waals surface area contributed by atoms with Gasteiger partial charge in [-0.15, -0.1) is 0 Å². The van der Waals surface area contributed by atoms with Gasteiger partial charge in [-0.25, -0.2) is 9.59 Å². The van der Waals surface area contributed by atoms with Crippen molar-refractivity contribution < 1.29 is 47.8 Å². The Balaban J connectivity index is 0.000000614. The Labute approximate surface area is 333 Å². The minimum absolute atomic E-state index is 0.111. The van der Waals surface area contributed by atoms with Crippen LogP contribution in [0, 0.1) is 0 Å². The summed E-state index contributed by atoms with van der Waals surface area (Å²) in [6.45, 7) is 8.76. The summed E-state index contributed by atoms with van der Waals surface area (Å²) in [5.41, 5.74) is 0. The second kappa shape index (κ2) is 30.9. The molecule has 0 aliphatic heterocycles. The van der Waals surface area contributed by atoms with Crippen molar-refractivity contribution in [1.29, 1.82) is 0 Å². The first-order chi connectivity index (χ1) is 27.0. The quantitative estimate of drug-likeness (QED) is 0.0600. The molecule has 320 valence electrons. The fourth-order valence-corrected chi connectivity index (χ4v) is 6.64. The van der Waals surface area contributed by atoms with Crippen molar-refractivity contribution in [1.82, 2.24) is 31.9 Å². The molecule has 0 aromatic rings. The number of amides is 6. The molecule has 2 rings (SSSR count). The van der Waals surface area contributed by atoms with Gasteiger partial charge in [0.1, 0.15) is 0 Å². The molecule has 0 heterocycles. The van der Waals surface area contributed by atoms with Gasteiger partial charge in [-0.3, -0.25) is 28.8 Å². The lowest BCUT2D eigenvalue weighted by Gasteiger charge is -2.32. The molecule has 0 bridgehead atoms. The monoisotopic (exact) mass is 795 g/mol. The van der Waals surface area contributed by atoms with Gasteiger partial charge in [0, 0.05) is 37.3 Å². The minimum atomic E-state index is -0.955. The average molecular weight is 795 g/mol. The highest BCUT2D eigenvalue weighted by Crippen LogP contribution is 2.20. The molecule has 4 unspecified atom stereocenters. The van der Waals surface area contributed by atoms with Crippen molar-refractivity contribution in [2.24, 2.45) is 0 Å². The second-order valence-electron chi connectivity index (χ2n) is 14.4. The Hall–Kier alpha value is -4.24. The zero-order chi connectivity index (χ0) is 41.6. The number of hydrogen-bond donors (Lipinski definition) is 6. The number of rotatable bonds is 20. The Bertz CT molecular complexity index is 1140. The first-order valence-corrected chi connectivity index (χ1v) is 21.1. The molecule has 2 aliphatic carbocycles. The van der Waals surface area contributed by atoms with E-state index in [9.17, 15) is 38.4 Å². The zero-order valence-electron chi connectivity index (χ0n) is 34.4. The first-order valence-electron chi connectivity index (χ1n) is 21.1. The zero-order valence-corrected chi connectivity index (χ0v) is 34.4. The number of nitrogens with one attached hydrogen (secondary N) is 6. The van der Waals surface area contributed by atoms with Crippen molar-refractivity contribution in [3.8, 4) is 0 Å². The molecule has 56 heavy (non-hydrogen) atoms. The topological polar surface area (TPSA) is 227 Å². The van der Waals surface area contributed by atoms with Gasteiger partial charge >= 0.3 is 47.4 Å². The van der Waals surface area contributed by atoms with E-state index in [2.05, 4.69) is 55.2 Å². The summed E-state index contributed by atoms with van der Waals surface area (Å²) in [6.07, 6.45) is 19.4. The summed E-state index contributed by atoms with van der Waals surface area (Å²) >= 11 is 0. The van der Waals surface area contributed by atoms with E-state index in [0.717, 1.165) is 64.2 Å². The van der Waals surface area contributed by atoms with Crippen LogP contribution in [-0.2, 0) is 47.8 Å². The molecule has 0 aromatic carbocycles. The highest BCUT2D eigenvalue weighted by molar-refractivity contribution is 6.36. The minimum Gasteiger partial charge on any atom is -0.459 e. The molecule has 2 fully saturated rings. The maximum absolute atomic E-state index is 12.3. The molecule has 16 nitrogen and oxygen atoms in total. The highest BCUT2D eigenvalue weighted by Gasteiger charge is 2.32. The standard InChI is InChI=1S/C26H48N4O4.C14H22N2O6/c1-3-5-7-9-11-15-19-27-23(31)25(33)29-21-17-13-14-18-22(21)30-26(34)24(32)28-20-16-12-10-8-6-4-2;1-3-21-13(19)11(17)15-9-7-5-6-8-10(9)16-12(18)14(20)22-4-2/h21-22H,3-20H2,1-2H3,(H,27,31)(H,28,32)(H,29,33)(H,30,34);9-10H,3-8H2,1-2H3,(H,15,17)(H,16,18). The van der Waals surface area contributed by atoms with E-state index in [4.69, 9.17) is 0 Å². The predicted molar refractivity (Wildman–Crippen MR) is 211 cm³/mol. The van der Waals surface area contributed by atoms with Crippen LogP contribution < -0.4 is 31.9 Å². The Morgan fingerprint density at radius 3 is 0.982 bits per heavy atom. The lowest BCUT2D eigenvalue weighted by Crippen LogP contribution is -2.57. The lowest BCUT2D eigenvalue weighted by atomic mass is 9.90. The summed E-state index contributed by atoms with van der Waals surface area (Å²) < 4.78 is 9.24. The highest BCUT2D eigenvalue weighted by atomic mass is 16.5. The molecule has 0 radical (unpaired) electrons. The third-order valence-electron chi connectivity index (χ3n) is 9.76. The summed E-state index contributed by atoms with van der Waals surface area (Å²) in [4.78, 5) is 95.0. The Morgan fingerprint density at radius 1 is 0.393 bits per heavy atom. The fraction of sp³-hybridized carbons (Fsp3) is 0.800. The molecule has 16 heteroatoms. The van der Waals surface area contributed by atoms with Gasteiger partial charge in [-0.2, -0.15) is 0 Å². The van der Waals surface area contributed by atoms with Crippen LogP contribution in [0.1, 0.15) is 156 Å². The van der Waals surface area contributed by atoms with Crippen LogP contribution >= 0.6 is 0 Å². The lowest BCUT2D eigenvalue weighted by molar-refractivity contribution is -0.156. The summed E-state index contributed by atoms with van der Waals surface area (Å²) in [7, 11) is 0. The van der Waals surface area contributed by atoms with Crippen molar-refractivity contribution in [2.75, 3.05) is 26.3 Å². The summed E-state index contributed by atoms with van der Waals surface area (Å²) in [5, 5.41) is 16.0. The molecule has 0 aromatic heterocycles. The number of carbonyl (C=O) groups is 8.